The van der Waals surface area contributed by atoms with Gasteiger partial charge in [0.1, 0.15) is 0 Å². The number of hydrogen-bond acceptors (Lipinski definition) is 7. The van der Waals surface area contributed by atoms with Crippen molar-refractivity contribution >= 4 is 39.0 Å². The Morgan fingerprint density at radius 3 is 2.74 bits per heavy atom. The number of benzene rings is 2. The second-order valence-corrected chi connectivity index (χ2v) is 8.24. The maximum atomic E-state index is 12.7. The molecule has 34 heavy (non-hydrogen) atoms. The lowest BCUT2D eigenvalue weighted by molar-refractivity contribution is -0.137. The van der Waals surface area contributed by atoms with Gasteiger partial charge in [-0.05, 0) is 52.7 Å². The lowest BCUT2D eigenvalue weighted by atomic mass is 10.2. The Labute approximate surface area is 202 Å². The van der Waals surface area contributed by atoms with Crippen molar-refractivity contribution in [3.63, 3.8) is 0 Å². The van der Waals surface area contributed by atoms with Crippen LogP contribution < -0.4 is 20.7 Å². The molecule has 3 aromatic rings. The predicted molar refractivity (Wildman–Crippen MR) is 130 cm³/mol. The van der Waals surface area contributed by atoms with Crippen molar-refractivity contribution in [1.29, 1.82) is 0 Å². The summed E-state index contributed by atoms with van der Waals surface area (Å²) < 4.78 is 18.0. The molecule has 2 heterocycles. The number of aromatic amines is 1. The van der Waals surface area contributed by atoms with E-state index in [0.29, 0.717) is 65.3 Å². The molecule has 0 aliphatic carbocycles. The van der Waals surface area contributed by atoms with E-state index in [-0.39, 0.29) is 12.5 Å². The number of para-hydroxylation sites is 1. The lowest BCUT2D eigenvalue weighted by Gasteiger charge is -2.27. The first-order valence-electron chi connectivity index (χ1n) is 10.7. The molecule has 1 aromatic heterocycles. The molecule has 0 bridgehead atoms. The van der Waals surface area contributed by atoms with E-state index in [4.69, 9.17) is 14.2 Å². The van der Waals surface area contributed by atoms with Crippen LogP contribution >= 0.6 is 15.9 Å². The summed E-state index contributed by atoms with van der Waals surface area (Å²) in [5.41, 5.74) is -0.174. The van der Waals surface area contributed by atoms with Crippen molar-refractivity contribution < 1.29 is 19.0 Å². The molecule has 1 aliphatic heterocycles. The quantitative estimate of drug-likeness (QED) is 0.467. The average molecular weight is 531 g/mol. The summed E-state index contributed by atoms with van der Waals surface area (Å²) in [5.74, 6) is 0.632. The molecule has 1 aliphatic rings. The first-order chi connectivity index (χ1) is 16.5. The fourth-order valence-electron chi connectivity index (χ4n) is 3.49. The Balaban J connectivity index is 1.58. The molecular formula is C23H23BrN4O6. The van der Waals surface area contributed by atoms with Crippen LogP contribution in [0.5, 0.6) is 11.5 Å². The number of carbonyl (C=O) groups is 1. The van der Waals surface area contributed by atoms with E-state index in [1.165, 1.54) is 6.21 Å². The number of halogens is 1. The minimum atomic E-state index is -0.648. The summed E-state index contributed by atoms with van der Waals surface area (Å²) in [6.45, 7) is 4.13. The SMILES string of the molecule is CCOc1cc(C=Nn2c(=O)[nH]c3ccccc3c2=O)cc(Br)c1OCC(=O)N1CCOCC1. The third kappa shape index (κ3) is 5.20. The van der Waals surface area contributed by atoms with Gasteiger partial charge in [-0.25, -0.2) is 4.79 Å². The molecule has 0 saturated carbocycles. The summed E-state index contributed by atoms with van der Waals surface area (Å²) in [6.07, 6.45) is 1.38. The van der Waals surface area contributed by atoms with Gasteiger partial charge in [-0.1, -0.05) is 12.1 Å². The van der Waals surface area contributed by atoms with Crippen LogP contribution in [-0.2, 0) is 9.53 Å². The van der Waals surface area contributed by atoms with Crippen LogP contribution in [0.15, 0.2) is 55.6 Å². The van der Waals surface area contributed by atoms with E-state index < -0.39 is 11.2 Å². The summed E-state index contributed by atoms with van der Waals surface area (Å²) in [5, 5.41) is 4.43. The Hall–Kier alpha value is -3.44. The topological polar surface area (TPSA) is 115 Å². The molecule has 2 aromatic carbocycles. The predicted octanol–water partition coefficient (Wildman–Crippen LogP) is 1.97. The molecule has 4 rings (SSSR count). The van der Waals surface area contributed by atoms with Crippen molar-refractivity contribution in [2.45, 2.75) is 6.92 Å². The van der Waals surface area contributed by atoms with Gasteiger partial charge >= 0.3 is 5.69 Å². The first kappa shape index (κ1) is 23.7. The molecule has 178 valence electrons. The molecule has 0 atom stereocenters. The standard InChI is InChI=1S/C23H23BrN4O6/c1-2-33-19-12-15(11-17(24)21(19)34-14-20(29)27-7-9-32-10-8-27)13-25-28-22(30)16-5-3-4-6-18(16)26-23(28)31/h3-6,11-13H,2,7-10,14H2,1H3,(H,26,31). The van der Waals surface area contributed by atoms with Crippen LogP contribution in [0.4, 0.5) is 0 Å². The molecule has 0 radical (unpaired) electrons. The minimum absolute atomic E-state index is 0.141. The number of nitrogens with zero attached hydrogens (tertiary/aromatic N) is 3. The molecular weight excluding hydrogens is 508 g/mol. The van der Waals surface area contributed by atoms with Crippen LogP contribution in [0, 0.1) is 0 Å². The second kappa shape index (κ2) is 10.7. The van der Waals surface area contributed by atoms with E-state index in [1.807, 2.05) is 6.92 Å². The smallest absolute Gasteiger partial charge is 0.349 e. The third-order valence-corrected chi connectivity index (χ3v) is 5.73. The Morgan fingerprint density at radius 2 is 1.97 bits per heavy atom. The number of amides is 1. The fourth-order valence-corrected chi connectivity index (χ4v) is 4.06. The molecule has 0 spiro atoms. The fraction of sp³-hybridized carbons (Fsp3) is 0.304. The molecule has 0 unspecified atom stereocenters. The number of fused-ring (bicyclic) bond motifs is 1. The normalized spacial score (nSPS) is 14.0. The lowest BCUT2D eigenvalue weighted by Crippen LogP contribution is -2.43. The van der Waals surface area contributed by atoms with Crippen LogP contribution in [0.25, 0.3) is 10.9 Å². The van der Waals surface area contributed by atoms with Gasteiger partial charge in [0.2, 0.25) is 0 Å². The highest BCUT2D eigenvalue weighted by Gasteiger charge is 2.19. The van der Waals surface area contributed by atoms with E-state index in [0.717, 1.165) is 4.68 Å². The number of aromatic nitrogens is 2. The Morgan fingerprint density at radius 1 is 1.21 bits per heavy atom. The molecule has 11 heteroatoms. The number of ether oxygens (including phenoxy) is 3. The van der Waals surface area contributed by atoms with Gasteiger partial charge in [0, 0.05) is 13.1 Å². The third-order valence-electron chi connectivity index (χ3n) is 5.14. The van der Waals surface area contributed by atoms with Gasteiger partial charge in [-0.2, -0.15) is 5.10 Å². The van der Waals surface area contributed by atoms with Crippen molar-refractivity contribution in [1.82, 2.24) is 14.6 Å². The first-order valence-corrected chi connectivity index (χ1v) is 11.5. The molecule has 1 fully saturated rings. The minimum Gasteiger partial charge on any atom is -0.490 e. The zero-order valence-corrected chi connectivity index (χ0v) is 20.0. The van der Waals surface area contributed by atoms with E-state index in [1.54, 1.807) is 41.3 Å². The zero-order chi connectivity index (χ0) is 24.1. The highest BCUT2D eigenvalue weighted by atomic mass is 79.9. The molecule has 10 nitrogen and oxygen atoms in total. The van der Waals surface area contributed by atoms with E-state index >= 15 is 0 Å². The number of rotatable bonds is 7. The number of carbonyl (C=O) groups excluding carboxylic acids is 1. The molecule has 1 amide bonds. The van der Waals surface area contributed by atoms with Crippen molar-refractivity contribution in [2.24, 2.45) is 5.10 Å². The summed E-state index contributed by atoms with van der Waals surface area (Å²) in [6, 6.07) is 10.1. The summed E-state index contributed by atoms with van der Waals surface area (Å²) >= 11 is 3.45. The van der Waals surface area contributed by atoms with Gasteiger partial charge in [-0.3, -0.25) is 9.59 Å². The van der Waals surface area contributed by atoms with Gasteiger partial charge in [0.05, 0.1) is 41.4 Å². The van der Waals surface area contributed by atoms with Crippen LogP contribution in [0.2, 0.25) is 0 Å². The van der Waals surface area contributed by atoms with Crippen LogP contribution in [0.3, 0.4) is 0 Å². The van der Waals surface area contributed by atoms with Crippen molar-refractivity contribution in [2.75, 3.05) is 39.5 Å². The van der Waals surface area contributed by atoms with Gasteiger partial charge in [0.25, 0.3) is 11.5 Å². The number of H-pyrrole nitrogens is 1. The highest BCUT2D eigenvalue weighted by molar-refractivity contribution is 9.10. The largest absolute Gasteiger partial charge is 0.490 e. The van der Waals surface area contributed by atoms with Gasteiger partial charge in [-0.15, -0.1) is 4.68 Å². The van der Waals surface area contributed by atoms with E-state index in [2.05, 4.69) is 26.0 Å². The van der Waals surface area contributed by atoms with Gasteiger partial charge < -0.3 is 24.1 Å². The monoisotopic (exact) mass is 530 g/mol. The summed E-state index contributed by atoms with van der Waals surface area (Å²) in [7, 11) is 0. The molecule has 1 N–H and O–H groups in total. The van der Waals surface area contributed by atoms with Crippen molar-refractivity contribution in [3.05, 3.63) is 67.3 Å². The maximum Gasteiger partial charge on any atom is 0.349 e. The maximum absolute atomic E-state index is 12.7. The van der Waals surface area contributed by atoms with Crippen LogP contribution in [0.1, 0.15) is 12.5 Å². The summed E-state index contributed by atoms with van der Waals surface area (Å²) in [4.78, 5) is 41.8. The highest BCUT2D eigenvalue weighted by Crippen LogP contribution is 2.36. The Bertz CT molecular complexity index is 1340. The number of morpholine rings is 1. The number of nitrogens with one attached hydrogen (secondary N) is 1. The van der Waals surface area contributed by atoms with Crippen molar-refractivity contribution in [3.8, 4) is 11.5 Å². The second-order valence-electron chi connectivity index (χ2n) is 7.38. The number of hydrogen-bond donors (Lipinski definition) is 1. The molecule has 1 saturated heterocycles. The van der Waals surface area contributed by atoms with Gasteiger partial charge in [0.15, 0.2) is 18.1 Å². The van der Waals surface area contributed by atoms with E-state index in [9.17, 15) is 14.4 Å². The Kier molecular flexibility index (Phi) is 7.43. The zero-order valence-electron chi connectivity index (χ0n) is 18.5. The average Bonchev–Trinajstić information content (AvgIpc) is 2.84. The van der Waals surface area contributed by atoms with Crippen LogP contribution in [-0.4, -0.2) is 66.2 Å².